The van der Waals surface area contributed by atoms with Crippen molar-refractivity contribution in [2.75, 3.05) is 34.2 Å². The molecular formula is C33H35IN4O10. The van der Waals surface area contributed by atoms with Gasteiger partial charge in [-0.05, 0) is 89.5 Å². The van der Waals surface area contributed by atoms with Crippen LogP contribution in [-0.2, 0) is 16.1 Å². The number of esters is 1. The van der Waals surface area contributed by atoms with Crippen LogP contribution >= 0.6 is 22.6 Å². The molecule has 0 aliphatic carbocycles. The minimum absolute atomic E-state index is 0.166. The van der Waals surface area contributed by atoms with Crippen LogP contribution in [0.2, 0.25) is 0 Å². The van der Waals surface area contributed by atoms with Crippen molar-refractivity contribution < 1.29 is 47.9 Å². The van der Waals surface area contributed by atoms with Gasteiger partial charge in [0.2, 0.25) is 6.79 Å². The summed E-state index contributed by atoms with van der Waals surface area (Å²) in [6.07, 6.45) is 0.374. The van der Waals surface area contributed by atoms with Crippen LogP contribution in [-0.4, -0.2) is 63.8 Å². The van der Waals surface area contributed by atoms with Gasteiger partial charge in [-0.25, -0.2) is 9.59 Å². The maximum Gasteiger partial charge on any atom is 0.337 e. The highest BCUT2D eigenvalue weighted by molar-refractivity contribution is 14.1. The van der Waals surface area contributed by atoms with E-state index in [-0.39, 0.29) is 19.0 Å². The largest absolute Gasteiger partial charge is 0.493 e. The Hall–Kier alpha value is -4.90. The molecule has 3 aromatic rings. The van der Waals surface area contributed by atoms with E-state index in [1.54, 1.807) is 38.3 Å². The molecule has 15 heteroatoms. The van der Waals surface area contributed by atoms with Crippen molar-refractivity contribution >= 4 is 40.8 Å². The van der Waals surface area contributed by atoms with E-state index in [1.165, 1.54) is 13.3 Å². The molecule has 254 valence electrons. The van der Waals surface area contributed by atoms with Crippen LogP contribution < -0.4 is 44.5 Å². The number of nitrogens with zero attached hydrogens (tertiary/aromatic N) is 1. The summed E-state index contributed by atoms with van der Waals surface area (Å²) in [6.45, 7) is 4.11. The molecule has 2 amide bonds. The van der Waals surface area contributed by atoms with Crippen molar-refractivity contribution in [2.45, 2.75) is 32.7 Å². The summed E-state index contributed by atoms with van der Waals surface area (Å²) in [7, 11) is 2.83. The van der Waals surface area contributed by atoms with E-state index in [9.17, 15) is 14.7 Å². The monoisotopic (exact) mass is 774 g/mol. The standard InChI is InChI=1S/C33H35IN4O10/c1-5-44-26-13-21(30-29(32(40)43-4)18(2)36-33(41)37-30)7-9-23(26)45-16-28(39)38-35-14-20-10-22(34)31(27(12-20)42-3)46-15-19-6-8-24-25(11-19)48-17-47-24/h6-14,28,30,38-39H,5,15-17H2,1-4H3,(H2,36,37,41)/b35-14-/t28-,30-/m0/s1. The number of hydrazone groups is 1. The van der Waals surface area contributed by atoms with Gasteiger partial charge in [0.25, 0.3) is 0 Å². The smallest absolute Gasteiger partial charge is 0.337 e. The second kappa shape index (κ2) is 15.8. The lowest BCUT2D eigenvalue weighted by atomic mass is 9.95. The van der Waals surface area contributed by atoms with E-state index in [0.29, 0.717) is 64.5 Å². The zero-order valence-corrected chi connectivity index (χ0v) is 28.8. The van der Waals surface area contributed by atoms with Gasteiger partial charge in [-0.15, -0.1) is 0 Å². The van der Waals surface area contributed by atoms with Crippen LogP contribution in [0.3, 0.4) is 0 Å². The Morgan fingerprint density at radius 1 is 1.08 bits per heavy atom. The summed E-state index contributed by atoms with van der Waals surface area (Å²) in [5, 5.41) is 20.0. The van der Waals surface area contributed by atoms with E-state index in [4.69, 9.17) is 33.2 Å². The fourth-order valence-corrected chi connectivity index (χ4v) is 5.74. The third-order valence-electron chi connectivity index (χ3n) is 7.18. The van der Waals surface area contributed by atoms with Crippen LogP contribution in [0.5, 0.6) is 34.5 Å². The number of methoxy groups -OCH3 is 2. The van der Waals surface area contributed by atoms with Crippen molar-refractivity contribution in [1.29, 1.82) is 0 Å². The van der Waals surface area contributed by atoms with Gasteiger partial charge in [0.1, 0.15) is 13.2 Å². The van der Waals surface area contributed by atoms with Gasteiger partial charge in [-0.2, -0.15) is 5.10 Å². The van der Waals surface area contributed by atoms with Gasteiger partial charge in [-0.1, -0.05) is 12.1 Å². The van der Waals surface area contributed by atoms with Gasteiger partial charge in [-0.3, -0.25) is 5.43 Å². The minimum atomic E-state index is -1.17. The lowest BCUT2D eigenvalue weighted by Gasteiger charge is -2.28. The number of amides is 2. The summed E-state index contributed by atoms with van der Waals surface area (Å²) in [6, 6.07) is 13.1. The Kier molecular flexibility index (Phi) is 11.3. The van der Waals surface area contributed by atoms with E-state index in [0.717, 1.165) is 9.13 Å². The molecule has 0 bridgehead atoms. The number of carbonyl (C=O) groups excluding carboxylic acids is 2. The summed E-state index contributed by atoms with van der Waals surface area (Å²) in [4.78, 5) is 24.7. The Labute approximate surface area is 290 Å². The fourth-order valence-electron chi connectivity index (χ4n) is 4.96. The second-order valence-corrected chi connectivity index (χ2v) is 11.6. The molecule has 0 spiro atoms. The Bertz CT molecular complexity index is 1730. The number of halogens is 1. The Morgan fingerprint density at radius 2 is 1.90 bits per heavy atom. The topological polar surface area (TPSA) is 167 Å². The van der Waals surface area contributed by atoms with Crippen molar-refractivity contribution in [2.24, 2.45) is 5.10 Å². The first-order valence-corrected chi connectivity index (χ1v) is 15.9. The van der Waals surface area contributed by atoms with Crippen LogP contribution in [0, 0.1) is 3.57 Å². The summed E-state index contributed by atoms with van der Waals surface area (Å²) in [5.41, 5.74) is 5.50. The van der Waals surface area contributed by atoms with E-state index in [1.807, 2.05) is 31.2 Å². The fraction of sp³-hybridized carbons (Fsp3) is 0.303. The number of urea groups is 1. The number of ether oxygens (including phenoxy) is 7. The molecule has 2 aliphatic rings. The van der Waals surface area contributed by atoms with E-state index in [2.05, 4.69) is 43.8 Å². The molecule has 3 aromatic carbocycles. The number of carbonyl (C=O) groups is 2. The highest BCUT2D eigenvalue weighted by Gasteiger charge is 2.32. The van der Waals surface area contributed by atoms with E-state index < -0.39 is 24.3 Å². The third kappa shape index (κ3) is 8.14. The summed E-state index contributed by atoms with van der Waals surface area (Å²) < 4.78 is 39.8. The van der Waals surface area contributed by atoms with Crippen LogP contribution in [0.25, 0.3) is 0 Å². The van der Waals surface area contributed by atoms with Gasteiger partial charge < -0.3 is 48.9 Å². The number of fused-ring (bicyclic) bond motifs is 1. The number of aliphatic hydroxyl groups excluding tert-OH is 1. The van der Waals surface area contributed by atoms with Crippen LogP contribution in [0.1, 0.15) is 36.6 Å². The molecule has 4 N–H and O–H groups in total. The Morgan fingerprint density at radius 3 is 2.67 bits per heavy atom. The molecule has 0 saturated carbocycles. The number of hydrogen-bond donors (Lipinski definition) is 4. The van der Waals surface area contributed by atoms with Gasteiger partial charge >= 0.3 is 12.0 Å². The van der Waals surface area contributed by atoms with Crippen molar-refractivity contribution in [1.82, 2.24) is 16.1 Å². The van der Waals surface area contributed by atoms with Crippen LogP contribution in [0.15, 0.2) is 64.9 Å². The van der Waals surface area contributed by atoms with Crippen molar-refractivity contribution in [3.05, 3.63) is 80.1 Å². The molecule has 5 rings (SSSR count). The first-order chi connectivity index (χ1) is 23.2. The first kappa shape index (κ1) is 34.4. The summed E-state index contributed by atoms with van der Waals surface area (Å²) in [5.74, 6) is 2.63. The second-order valence-electron chi connectivity index (χ2n) is 10.4. The Balaban J connectivity index is 1.19. The summed E-state index contributed by atoms with van der Waals surface area (Å²) >= 11 is 2.16. The molecule has 0 unspecified atom stereocenters. The molecule has 0 fully saturated rings. The molecule has 14 nitrogen and oxygen atoms in total. The molecule has 0 aromatic heterocycles. The van der Waals surface area contributed by atoms with E-state index >= 15 is 0 Å². The number of benzene rings is 3. The van der Waals surface area contributed by atoms with Crippen LogP contribution in [0.4, 0.5) is 4.79 Å². The normalized spacial score (nSPS) is 15.8. The third-order valence-corrected chi connectivity index (χ3v) is 7.98. The first-order valence-electron chi connectivity index (χ1n) is 14.8. The molecule has 48 heavy (non-hydrogen) atoms. The minimum Gasteiger partial charge on any atom is -0.493 e. The number of hydrogen-bond acceptors (Lipinski definition) is 12. The predicted molar refractivity (Wildman–Crippen MR) is 182 cm³/mol. The van der Waals surface area contributed by atoms with Crippen molar-refractivity contribution in [3.63, 3.8) is 0 Å². The molecule has 0 saturated heterocycles. The average molecular weight is 775 g/mol. The quantitative estimate of drug-likeness (QED) is 0.0612. The molecule has 2 atom stereocenters. The number of nitrogens with one attached hydrogen (secondary N) is 3. The van der Waals surface area contributed by atoms with Gasteiger partial charge in [0.05, 0.1) is 42.2 Å². The average Bonchev–Trinajstić information content (AvgIpc) is 3.54. The highest BCUT2D eigenvalue weighted by atomic mass is 127. The predicted octanol–water partition coefficient (Wildman–Crippen LogP) is 4.13. The maximum atomic E-state index is 12.5. The number of rotatable bonds is 14. The lowest BCUT2D eigenvalue weighted by Crippen LogP contribution is -2.45. The van der Waals surface area contributed by atoms with Gasteiger partial charge in [0.15, 0.2) is 40.7 Å². The maximum absolute atomic E-state index is 12.5. The SMILES string of the molecule is CCOc1cc([C@@H]2NC(=O)NC(C)=C2C(=O)OC)ccc1OC[C@H](O)N/N=C\c1cc(I)c(OCc2ccc3c(c2)OCO3)c(OC)c1. The zero-order valence-electron chi connectivity index (χ0n) is 26.6. The van der Waals surface area contributed by atoms with Crippen molar-refractivity contribution in [3.8, 4) is 34.5 Å². The lowest BCUT2D eigenvalue weighted by molar-refractivity contribution is -0.136. The molecule has 2 heterocycles. The highest BCUT2D eigenvalue weighted by Crippen LogP contribution is 2.37. The molecule has 0 radical (unpaired) electrons. The zero-order chi connectivity index (χ0) is 34.2. The molecular weight excluding hydrogens is 739 g/mol. The number of allylic oxidation sites excluding steroid dienone is 1. The molecule has 2 aliphatic heterocycles. The number of aliphatic hydroxyl groups is 1. The van der Waals surface area contributed by atoms with Gasteiger partial charge in [0, 0.05) is 5.70 Å².